The van der Waals surface area contributed by atoms with Gasteiger partial charge in [-0.25, -0.2) is 9.97 Å². The van der Waals surface area contributed by atoms with Crippen molar-refractivity contribution in [2.24, 2.45) is 0 Å². The van der Waals surface area contributed by atoms with Crippen LogP contribution in [0.4, 0.5) is 5.82 Å². The van der Waals surface area contributed by atoms with E-state index in [0.717, 1.165) is 34.0 Å². The fourth-order valence-corrected chi connectivity index (χ4v) is 2.88. The molecule has 0 aliphatic carbocycles. The molecular formula is C22H20N4O. The molecule has 0 spiro atoms. The maximum absolute atomic E-state index is 5.36. The first-order chi connectivity index (χ1) is 13.2. The Hall–Kier alpha value is -3.47. The lowest BCUT2D eigenvalue weighted by atomic mass is 10.0. The van der Waals surface area contributed by atoms with E-state index in [1.54, 1.807) is 6.26 Å². The Morgan fingerprint density at radius 2 is 1.70 bits per heavy atom. The van der Waals surface area contributed by atoms with Crippen molar-refractivity contribution in [1.29, 1.82) is 0 Å². The number of aryl methyl sites for hydroxylation is 2. The van der Waals surface area contributed by atoms with Crippen LogP contribution in [0.5, 0.6) is 0 Å². The van der Waals surface area contributed by atoms with Gasteiger partial charge in [0.2, 0.25) is 0 Å². The molecule has 3 heterocycles. The zero-order valence-corrected chi connectivity index (χ0v) is 15.3. The van der Waals surface area contributed by atoms with Crippen LogP contribution in [-0.4, -0.2) is 15.0 Å². The van der Waals surface area contributed by atoms with Gasteiger partial charge in [0.05, 0.1) is 18.5 Å². The highest BCUT2D eigenvalue weighted by molar-refractivity contribution is 5.71. The van der Waals surface area contributed by atoms with Crippen molar-refractivity contribution in [3.05, 3.63) is 84.3 Å². The van der Waals surface area contributed by atoms with Crippen LogP contribution in [0.1, 0.15) is 17.1 Å². The summed E-state index contributed by atoms with van der Waals surface area (Å²) < 4.78 is 5.36. The smallest absolute Gasteiger partial charge is 0.130 e. The minimum atomic E-state index is 0.574. The van der Waals surface area contributed by atoms with Crippen LogP contribution in [0.2, 0.25) is 0 Å². The number of pyridine rings is 1. The number of aromatic nitrogens is 3. The standard InChI is InChI=1S/C22H20N4O/c1-15-5-7-17(8-6-15)18-10-19(13-23-12-18)21-11-22(26-16(2)25-21)24-14-20-4-3-9-27-20/h3-13H,14H2,1-2H3,(H,24,25,26). The zero-order valence-electron chi connectivity index (χ0n) is 15.3. The van der Waals surface area contributed by atoms with Crippen molar-refractivity contribution in [2.75, 3.05) is 5.32 Å². The molecule has 1 N–H and O–H groups in total. The van der Waals surface area contributed by atoms with Gasteiger partial charge in [0, 0.05) is 29.6 Å². The summed E-state index contributed by atoms with van der Waals surface area (Å²) in [6, 6.07) is 16.3. The van der Waals surface area contributed by atoms with E-state index in [2.05, 4.69) is 57.5 Å². The van der Waals surface area contributed by atoms with E-state index in [4.69, 9.17) is 4.42 Å². The van der Waals surface area contributed by atoms with Crippen LogP contribution in [0, 0.1) is 13.8 Å². The van der Waals surface area contributed by atoms with Gasteiger partial charge >= 0.3 is 0 Å². The van der Waals surface area contributed by atoms with Crippen molar-refractivity contribution in [2.45, 2.75) is 20.4 Å². The van der Waals surface area contributed by atoms with Gasteiger partial charge in [-0.2, -0.15) is 0 Å². The number of furan rings is 1. The zero-order chi connectivity index (χ0) is 18.6. The normalized spacial score (nSPS) is 10.7. The molecule has 0 radical (unpaired) electrons. The van der Waals surface area contributed by atoms with E-state index in [-0.39, 0.29) is 0 Å². The highest BCUT2D eigenvalue weighted by atomic mass is 16.3. The Labute approximate surface area is 158 Å². The third-order valence-electron chi connectivity index (χ3n) is 4.28. The highest BCUT2D eigenvalue weighted by Gasteiger charge is 2.08. The molecule has 0 amide bonds. The molecule has 0 saturated heterocycles. The van der Waals surface area contributed by atoms with Crippen molar-refractivity contribution in [3.63, 3.8) is 0 Å². The van der Waals surface area contributed by atoms with Gasteiger partial charge in [-0.05, 0) is 37.6 Å². The van der Waals surface area contributed by atoms with Crippen LogP contribution in [0.3, 0.4) is 0 Å². The molecule has 4 aromatic rings. The number of benzene rings is 1. The molecule has 0 unspecified atom stereocenters. The van der Waals surface area contributed by atoms with Gasteiger partial charge in [-0.3, -0.25) is 4.98 Å². The van der Waals surface area contributed by atoms with Gasteiger partial charge in [0.1, 0.15) is 17.4 Å². The Kier molecular flexibility index (Phi) is 4.66. The SMILES string of the molecule is Cc1ccc(-c2cncc(-c3cc(NCc4ccco4)nc(C)n3)c2)cc1. The second-order valence-corrected chi connectivity index (χ2v) is 6.45. The van der Waals surface area contributed by atoms with E-state index in [1.807, 2.05) is 37.5 Å². The third kappa shape index (κ3) is 4.03. The number of nitrogens with one attached hydrogen (secondary N) is 1. The molecule has 5 heteroatoms. The number of rotatable bonds is 5. The highest BCUT2D eigenvalue weighted by Crippen LogP contribution is 2.25. The fraction of sp³-hybridized carbons (Fsp3) is 0.136. The van der Waals surface area contributed by atoms with E-state index in [1.165, 1.54) is 5.56 Å². The van der Waals surface area contributed by atoms with Crippen molar-refractivity contribution in [3.8, 4) is 22.4 Å². The summed E-state index contributed by atoms with van der Waals surface area (Å²) in [6.07, 6.45) is 5.37. The average molecular weight is 356 g/mol. The first-order valence-electron chi connectivity index (χ1n) is 8.82. The molecule has 1 aromatic carbocycles. The van der Waals surface area contributed by atoms with Crippen molar-refractivity contribution in [1.82, 2.24) is 15.0 Å². The molecule has 27 heavy (non-hydrogen) atoms. The largest absolute Gasteiger partial charge is 0.467 e. The van der Waals surface area contributed by atoms with E-state index >= 15 is 0 Å². The summed E-state index contributed by atoms with van der Waals surface area (Å²) in [4.78, 5) is 13.5. The maximum Gasteiger partial charge on any atom is 0.130 e. The fourth-order valence-electron chi connectivity index (χ4n) is 2.88. The molecule has 0 bridgehead atoms. The summed E-state index contributed by atoms with van der Waals surface area (Å²) >= 11 is 0. The Morgan fingerprint density at radius 1 is 0.889 bits per heavy atom. The van der Waals surface area contributed by atoms with Crippen LogP contribution in [0.25, 0.3) is 22.4 Å². The van der Waals surface area contributed by atoms with E-state index in [9.17, 15) is 0 Å². The molecule has 5 nitrogen and oxygen atoms in total. The second-order valence-electron chi connectivity index (χ2n) is 6.45. The molecule has 0 aliphatic rings. The van der Waals surface area contributed by atoms with Gasteiger partial charge in [0.15, 0.2) is 0 Å². The Morgan fingerprint density at radius 3 is 2.48 bits per heavy atom. The molecule has 0 fully saturated rings. The minimum Gasteiger partial charge on any atom is -0.467 e. The lowest BCUT2D eigenvalue weighted by Crippen LogP contribution is -2.03. The molecular weight excluding hydrogens is 336 g/mol. The molecule has 0 aliphatic heterocycles. The Balaban J connectivity index is 1.62. The van der Waals surface area contributed by atoms with Crippen LogP contribution < -0.4 is 5.32 Å². The lowest BCUT2D eigenvalue weighted by molar-refractivity contribution is 0.518. The van der Waals surface area contributed by atoms with Crippen molar-refractivity contribution >= 4 is 5.82 Å². The quantitative estimate of drug-likeness (QED) is 0.543. The van der Waals surface area contributed by atoms with Crippen LogP contribution in [0.15, 0.2) is 71.6 Å². The third-order valence-corrected chi connectivity index (χ3v) is 4.28. The topological polar surface area (TPSA) is 63.8 Å². The number of nitrogens with zero attached hydrogens (tertiary/aromatic N) is 3. The summed E-state index contributed by atoms with van der Waals surface area (Å²) in [5.41, 5.74) is 5.23. The monoisotopic (exact) mass is 356 g/mol. The summed E-state index contributed by atoms with van der Waals surface area (Å²) in [6.45, 7) is 4.54. The maximum atomic E-state index is 5.36. The summed E-state index contributed by atoms with van der Waals surface area (Å²) in [7, 11) is 0. The summed E-state index contributed by atoms with van der Waals surface area (Å²) in [5.74, 6) is 2.32. The number of hydrogen-bond donors (Lipinski definition) is 1. The predicted octanol–water partition coefficient (Wildman–Crippen LogP) is 5.03. The first kappa shape index (κ1) is 17.0. The second kappa shape index (κ2) is 7.41. The predicted molar refractivity (Wildman–Crippen MR) is 106 cm³/mol. The lowest BCUT2D eigenvalue weighted by Gasteiger charge is -2.09. The average Bonchev–Trinajstić information content (AvgIpc) is 3.20. The van der Waals surface area contributed by atoms with Crippen LogP contribution >= 0.6 is 0 Å². The van der Waals surface area contributed by atoms with Gasteiger partial charge in [0.25, 0.3) is 0 Å². The Bertz CT molecular complexity index is 1040. The van der Waals surface area contributed by atoms with Crippen molar-refractivity contribution < 1.29 is 4.42 Å². The first-order valence-corrected chi connectivity index (χ1v) is 8.82. The molecule has 0 saturated carbocycles. The van der Waals surface area contributed by atoms with E-state index in [0.29, 0.717) is 12.4 Å². The van der Waals surface area contributed by atoms with Gasteiger partial charge in [-0.15, -0.1) is 0 Å². The van der Waals surface area contributed by atoms with E-state index < -0.39 is 0 Å². The number of hydrogen-bond acceptors (Lipinski definition) is 5. The number of anilines is 1. The van der Waals surface area contributed by atoms with Gasteiger partial charge < -0.3 is 9.73 Å². The molecule has 4 rings (SSSR count). The minimum absolute atomic E-state index is 0.574. The van der Waals surface area contributed by atoms with Crippen LogP contribution in [-0.2, 0) is 6.54 Å². The molecule has 3 aromatic heterocycles. The summed E-state index contributed by atoms with van der Waals surface area (Å²) in [5, 5.41) is 3.29. The molecule has 0 atom stereocenters. The molecule has 134 valence electrons. The van der Waals surface area contributed by atoms with Gasteiger partial charge in [-0.1, -0.05) is 29.8 Å².